The lowest BCUT2D eigenvalue weighted by Gasteiger charge is -2.24. The van der Waals surface area contributed by atoms with E-state index in [-0.39, 0.29) is 17.5 Å². The number of carbonyl (C=O) groups excluding carboxylic acids is 1. The van der Waals surface area contributed by atoms with Crippen LogP contribution in [-0.2, 0) is 15.1 Å². The van der Waals surface area contributed by atoms with E-state index in [9.17, 15) is 4.79 Å². The summed E-state index contributed by atoms with van der Waals surface area (Å²) in [7, 11) is 1.32. The van der Waals surface area contributed by atoms with Gasteiger partial charge in [0.1, 0.15) is 9.76 Å². The SMILES string of the molecule is COC(=O)C[C@@](C)(N)c1ccc(Br)nc1Cl. The van der Waals surface area contributed by atoms with Gasteiger partial charge in [0.2, 0.25) is 0 Å². The van der Waals surface area contributed by atoms with Gasteiger partial charge >= 0.3 is 5.97 Å². The molecule has 0 aliphatic heterocycles. The monoisotopic (exact) mass is 306 g/mol. The molecule has 1 rings (SSSR count). The number of nitrogens with two attached hydrogens (primary N) is 1. The topological polar surface area (TPSA) is 65.2 Å². The van der Waals surface area contributed by atoms with E-state index in [0.29, 0.717) is 10.2 Å². The number of aromatic nitrogens is 1. The van der Waals surface area contributed by atoms with Crippen molar-refractivity contribution in [1.82, 2.24) is 4.98 Å². The molecule has 2 N–H and O–H groups in total. The molecule has 1 aromatic rings. The largest absolute Gasteiger partial charge is 0.469 e. The summed E-state index contributed by atoms with van der Waals surface area (Å²) in [5.74, 6) is -0.385. The van der Waals surface area contributed by atoms with E-state index in [1.54, 1.807) is 19.1 Å². The minimum absolute atomic E-state index is 0.0481. The number of hydrogen-bond donors (Lipinski definition) is 1. The van der Waals surface area contributed by atoms with Crippen molar-refractivity contribution in [2.24, 2.45) is 5.73 Å². The molecule has 0 saturated carbocycles. The van der Waals surface area contributed by atoms with E-state index >= 15 is 0 Å². The fourth-order valence-electron chi connectivity index (χ4n) is 1.31. The van der Waals surface area contributed by atoms with Gasteiger partial charge in [-0.15, -0.1) is 0 Å². The van der Waals surface area contributed by atoms with Gasteiger partial charge in [-0.2, -0.15) is 0 Å². The van der Waals surface area contributed by atoms with Gasteiger partial charge in [-0.1, -0.05) is 17.7 Å². The van der Waals surface area contributed by atoms with Crippen molar-refractivity contribution in [2.75, 3.05) is 7.11 Å². The average Bonchev–Trinajstić information content (AvgIpc) is 2.16. The van der Waals surface area contributed by atoms with Gasteiger partial charge in [-0.3, -0.25) is 4.79 Å². The number of ether oxygens (including phenoxy) is 1. The summed E-state index contributed by atoms with van der Waals surface area (Å²) in [5.41, 5.74) is 5.75. The van der Waals surface area contributed by atoms with Crippen LogP contribution in [0.15, 0.2) is 16.7 Å². The molecule has 0 radical (unpaired) electrons. The second kappa shape index (κ2) is 5.12. The Labute approximate surface area is 107 Å². The molecule has 0 aromatic carbocycles. The fraction of sp³-hybridized carbons (Fsp3) is 0.400. The molecule has 0 fully saturated rings. The minimum atomic E-state index is -0.891. The zero-order chi connectivity index (χ0) is 12.3. The zero-order valence-corrected chi connectivity index (χ0v) is 11.3. The standard InChI is InChI=1S/C10H12BrClN2O2/c1-10(13,5-8(15)16-2)6-3-4-7(11)14-9(6)12/h3-4H,5,13H2,1-2H3/t10-/m1/s1. The van der Waals surface area contributed by atoms with Crippen LogP contribution in [0.2, 0.25) is 5.15 Å². The van der Waals surface area contributed by atoms with E-state index in [1.165, 1.54) is 7.11 Å². The highest BCUT2D eigenvalue weighted by molar-refractivity contribution is 9.10. The molecule has 0 amide bonds. The maximum absolute atomic E-state index is 11.2. The summed E-state index contributed by atoms with van der Waals surface area (Å²) < 4.78 is 5.20. The molecule has 0 spiro atoms. The van der Waals surface area contributed by atoms with Crippen molar-refractivity contribution in [2.45, 2.75) is 18.9 Å². The van der Waals surface area contributed by atoms with Crippen LogP contribution in [-0.4, -0.2) is 18.1 Å². The molecule has 6 heteroatoms. The molecule has 0 aliphatic rings. The third-order valence-electron chi connectivity index (χ3n) is 2.17. The Morgan fingerprint density at radius 1 is 1.69 bits per heavy atom. The van der Waals surface area contributed by atoms with Gasteiger partial charge in [-0.05, 0) is 28.9 Å². The van der Waals surface area contributed by atoms with Crippen LogP contribution in [0.4, 0.5) is 0 Å². The van der Waals surface area contributed by atoms with Crippen molar-refractivity contribution >= 4 is 33.5 Å². The summed E-state index contributed by atoms with van der Waals surface area (Å²) in [6.07, 6.45) is 0.0481. The Kier molecular flexibility index (Phi) is 4.29. The number of hydrogen-bond acceptors (Lipinski definition) is 4. The van der Waals surface area contributed by atoms with Crippen molar-refractivity contribution < 1.29 is 9.53 Å². The minimum Gasteiger partial charge on any atom is -0.469 e. The lowest BCUT2D eigenvalue weighted by atomic mass is 9.91. The number of nitrogens with zero attached hydrogens (tertiary/aromatic N) is 1. The zero-order valence-electron chi connectivity index (χ0n) is 8.96. The summed E-state index contributed by atoms with van der Waals surface area (Å²) >= 11 is 9.17. The lowest BCUT2D eigenvalue weighted by Crippen LogP contribution is -2.36. The summed E-state index contributed by atoms with van der Waals surface area (Å²) in [6.45, 7) is 1.71. The summed E-state index contributed by atoms with van der Waals surface area (Å²) in [6, 6.07) is 3.46. The number of rotatable bonds is 3. The molecule has 88 valence electrons. The molecule has 1 aromatic heterocycles. The third-order valence-corrected chi connectivity index (χ3v) is 2.90. The molecule has 16 heavy (non-hydrogen) atoms. The first kappa shape index (κ1) is 13.4. The van der Waals surface area contributed by atoms with Crippen LogP contribution in [0.1, 0.15) is 18.9 Å². The quantitative estimate of drug-likeness (QED) is 0.687. The van der Waals surface area contributed by atoms with Crippen molar-refractivity contribution in [3.8, 4) is 0 Å². The van der Waals surface area contributed by atoms with Crippen LogP contribution in [0.25, 0.3) is 0 Å². The Morgan fingerprint density at radius 3 is 2.81 bits per heavy atom. The average molecular weight is 308 g/mol. The maximum Gasteiger partial charge on any atom is 0.307 e. The highest BCUT2D eigenvalue weighted by Gasteiger charge is 2.28. The smallest absolute Gasteiger partial charge is 0.307 e. The lowest BCUT2D eigenvalue weighted by molar-refractivity contribution is -0.141. The van der Waals surface area contributed by atoms with E-state index in [2.05, 4.69) is 25.7 Å². The molecule has 1 atom stereocenters. The van der Waals surface area contributed by atoms with Crippen LogP contribution in [0.5, 0.6) is 0 Å². The van der Waals surface area contributed by atoms with Crippen LogP contribution in [0.3, 0.4) is 0 Å². The van der Waals surface area contributed by atoms with E-state index in [4.69, 9.17) is 17.3 Å². The van der Waals surface area contributed by atoms with Gasteiger partial charge in [0.25, 0.3) is 0 Å². The molecular weight excluding hydrogens is 295 g/mol. The van der Waals surface area contributed by atoms with Gasteiger partial charge in [0, 0.05) is 5.56 Å². The molecule has 0 aliphatic carbocycles. The van der Waals surface area contributed by atoms with Crippen molar-refractivity contribution in [1.29, 1.82) is 0 Å². The molecule has 0 bridgehead atoms. The van der Waals surface area contributed by atoms with E-state index < -0.39 is 5.54 Å². The number of halogens is 2. The highest BCUT2D eigenvalue weighted by atomic mass is 79.9. The van der Waals surface area contributed by atoms with Crippen LogP contribution in [0, 0.1) is 0 Å². The molecule has 0 unspecified atom stereocenters. The summed E-state index contributed by atoms with van der Waals surface area (Å²) in [4.78, 5) is 15.2. The predicted octanol–water partition coefficient (Wildman–Crippen LogP) is 2.23. The van der Waals surface area contributed by atoms with Gasteiger partial charge in [-0.25, -0.2) is 4.98 Å². The maximum atomic E-state index is 11.2. The second-order valence-corrected chi connectivity index (χ2v) is 4.81. The predicted molar refractivity (Wildman–Crippen MR) is 65.1 cm³/mol. The van der Waals surface area contributed by atoms with E-state index in [1.807, 2.05) is 0 Å². The van der Waals surface area contributed by atoms with Crippen molar-refractivity contribution in [3.63, 3.8) is 0 Å². The first-order valence-electron chi connectivity index (χ1n) is 4.55. The molecule has 1 heterocycles. The first-order chi connectivity index (χ1) is 7.36. The highest BCUT2D eigenvalue weighted by Crippen LogP contribution is 2.28. The normalized spacial score (nSPS) is 14.3. The van der Waals surface area contributed by atoms with Gasteiger partial charge in [0.05, 0.1) is 19.1 Å². The molecular formula is C10H12BrClN2O2. The van der Waals surface area contributed by atoms with Crippen molar-refractivity contribution in [3.05, 3.63) is 27.5 Å². The van der Waals surface area contributed by atoms with Gasteiger partial charge < -0.3 is 10.5 Å². The van der Waals surface area contributed by atoms with E-state index in [0.717, 1.165) is 0 Å². The fourth-order valence-corrected chi connectivity index (χ4v) is 2.09. The Morgan fingerprint density at radius 2 is 2.31 bits per heavy atom. The molecule has 4 nitrogen and oxygen atoms in total. The van der Waals surface area contributed by atoms with Crippen LogP contribution < -0.4 is 5.73 Å². The van der Waals surface area contributed by atoms with Gasteiger partial charge in [0.15, 0.2) is 0 Å². The Balaban J connectivity index is 3.02. The Hall–Kier alpha value is -0.650. The number of esters is 1. The first-order valence-corrected chi connectivity index (χ1v) is 5.72. The third kappa shape index (κ3) is 3.17. The van der Waals surface area contributed by atoms with Crippen LogP contribution >= 0.6 is 27.5 Å². The Bertz CT molecular complexity index is 410. The number of carbonyl (C=O) groups is 1. The number of methoxy groups -OCH3 is 1. The second-order valence-electron chi connectivity index (χ2n) is 3.64. The summed E-state index contributed by atoms with van der Waals surface area (Å²) in [5, 5.41) is 0.281. The number of pyridine rings is 1. The molecule has 0 saturated heterocycles.